The van der Waals surface area contributed by atoms with Crippen molar-refractivity contribution < 1.29 is 0 Å². The van der Waals surface area contributed by atoms with Crippen molar-refractivity contribution in [2.75, 3.05) is 5.73 Å². The van der Waals surface area contributed by atoms with E-state index in [-0.39, 0.29) is 0 Å². The summed E-state index contributed by atoms with van der Waals surface area (Å²) in [6.07, 6.45) is 1.13. The highest BCUT2D eigenvalue weighted by atomic mass is 32.1. The fourth-order valence-corrected chi connectivity index (χ4v) is 3.81. The van der Waals surface area contributed by atoms with E-state index in [0.29, 0.717) is 5.92 Å². The third kappa shape index (κ3) is 2.44. The predicted molar refractivity (Wildman–Crippen MR) is 90.2 cm³/mol. The number of rotatable bonds is 3. The van der Waals surface area contributed by atoms with Crippen molar-refractivity contribution in [2.45, 2.75) is 20.3 Å². The van der Waals surface area contributed by atoms with Crippen molar-refractivity contribution in [2.24, 2.45) is 5.92 Å². The van der Waals surface area contributed by atoms with Crippen LogP contribution in [0.3, 0.4) is 0 Å². The Morgan fingerprint density at radius 2 is 1.85 bits per heavy atom. The molecule has 20 heavy (non-hydrogen) atoms. The van der Waals surface area contributed by atoms with Gasteiger partial charge in [0.2, 0.25) is 0 Å². The van der Waals surface area contributed by atoms with Crippen LogP contribution in [0.2, 0.25) is 0 Å². The number of hydrogen-bond donors (Lipinski definition) is 1. The Bertz CT molecular complexity index is 740. The van der Waals surface area contributed by atoms with Crippen LogP contribution in [0, 0.1) is 5.92 Å². The molecule has 0 saturated carbocycles. The molecule has 1 heterocycles. The van der Waals surface area contributed by atoms with Gasteiger partial charge >= 0.3 is 0 Å². The van der Waals surface area contributed by atoms with Crippen LogP contribution in [0.1, 0.15) is 19.4 Å². The van der Waals surface area contributed by atoms with E-state index >= 15 is 0 Å². The van der Waals surface area contributed by atoms with Crippen LogP contribution >= 0.6 is 11.3 Å². The third-order valence-corrected chi connectivity index (χ3v) is 4.74. The van der Waals surface area contributed by atoms with Crippen molar-refractivity contribution >= 4 is 27.1 Å². The van der Waals surface area contributed by atoms with E-state index in [2.05, 4.69) is 44.2 Å². The van der Waals surface area contributed by atoms with Gasteiger partial charge in [-0.05, 0) is 35.4 Å². The third-order valence-electron chi connectivity index (χ3n) is 3.48. The zero-order valence-corrected chi connectivity index (χ0v) is 12.7. The summed E-state index contributed by atoms with van der Waals surface area (Å²) >= 11 is 1.85. The van der Waals surface area contributed by atoms with E-state index in [1.165, 1.54) is 20.5 Å². The summed E-state index contributed by atoms with van der Waals surface area (Å²) < 4.78 is 1.40. The average Bonchev–Trinajstić information content (AvgIpc) is 2.83. The Labute approximate surface area is 124 Å². The molecule has 0 atom stereocenters. The molecule has 0 bridgehead atoms. The van der Waals surface area contributed by atoms with E-state index in [4.69, 9.17) is 5.73 Å². The van der Waals surface area contributed by atoms with Crippen molar-refractivity contribution in [1.29, 1.82) is 0 Å². The molecule has 0 fully saturated rings. The quantitative estimate of drug-likeness (QED) is 0.643. The molecule has 3 rings (SSSR count). The van der Waals surface area contributed by atoms with E-state index in [9.17, 15) is 0 Å². The second-order valence-corrected chi connectivity index (χ2v) is 6.68. The van der Waals surface area contributed by atoms with Gasteiger partial charge in [0.05, 0.1) is 0 Å². The molecule has 102 valence electrons. The Hall–Kier alpha value is -1.80. The van der Waals surface area contributed by atoms with Gasteiger partial charge in [0.15, 0.2) is 0 Å². The molecular weight excluding hydrogens is 262 g/mol. The van der Waals surface area contributed by atoms with Crippen LogP contribution in [-0.4, -0.2) is 0 Å². The lowest BCUT2D eigenvalue weighted by Crippen LogP contribution is -1.93. The zero-order chi connectivity index (χ0) is 14.1. The first-order valence-corrected chi connectivity index (χ1v) is 7.83. The van der Waals surface area contributed by atoms with Gasteiger partial charge < -0.3 is 5.73 Å². The number of nitrogen functional groups attached to an aromatic ring is 1. The van der Waals surface area contributed by atoms with Crippen LogP contribution in [0.5, 0.6) is 0 Å². The van der Waals surface area contributed by atoms with Crippen LogP contribution in [0.4, 0.5) is 5.69 Å². The number of fused-ring (bicyclic) bond motifs is 1. The molecule has 2 N–H and O–H groups in total. The van der Waals surface area contributed by atoms with Gasteiger partial charge in [0, 0.05) is 20.8 Å². The average molecular weight is 281 g/mol. The lowest BCUT2D eigenvalue weighted by Gasteiger charge is -2.05. The lowest BCUT2D eigenvalue weighted by molar-refractivity contribution is 0.650. The van der Waals surface area contributed by atoms with Gasteiger partial charge in [-0.3, -0.25) is 0 Å². The lowest BCUT2D eigenvalue weighted by atomic mass is 10.0. The second-order valence-electron chi connectivity index (χ2n) is 5.63. The molecule has 3 aromatic rings. The maximum atomic E-state index is 6.10. The molecule has 1 nitrogen and oxygen atoms in total. The normalized spacial score (nSPS) is 11.3. The molecular formula is C18H19NS. The maximum Gasteiger partial charge on any atom is 0.0401 e. The highest BCUT2D eigenvalue weighted by molar-refractivity contribution is 7.22. The van der Waals surface area contributed by atoms with E-state index in [0.717, 1.165) is 17.7 Å². The Morgan fingerprint density at radius 1 is 1.05 bits per heavy atom. The summed E-state index contributed by atoms with van der Waals surface area (Å²) in [5.74, 6) is 0.674. The summed E-state index contributed by atoms with van der Waals surface area (Å²) in [6, 6.07) is 17.0. The largest absolute Gasteiger partial charge is 0.398 e. The number of thiophene rings is 1. The number of anilines is 1. The van der Waals surface area contributed by atoms with Gasteiger partial charge in [0.1, 0.15) is 0 Å². The molecule has 0 aliphatic carbocycles. The Morgan fingerprint density at radius 3 is 2.60 bits per heavy atom. The molecule has 0 spiro atoms. The molecule has 0 radical (unpaired) electrons. The van der Waals surface area contributed by atoms with Crippen molar-refractivity contribution in [3.8, 4) is 10.4 Å². The molecule has 0 unspecified atom stereocenters. The molecule has 0 aliphatic heterocycles. The van der Waals surface area contributed by atoms with Crippen molar-refractivity contribution in [1.82, 2.24) is 0 Å². The van der Waals surface area contributed by atoms with Gasteiger partial charge in [-0.15, -0.1) is 11.3 Å². The standard InChI is InChI=1S/C18H19NS/c1-12(2)10-13-6-5-7-14-11-17(20-18(13)14)15-8-3-4-9-16(15)19/h3-9,11-12H,10,19H2,1-2H3. The van der Waals surface area contributed by atoms with Gasteiger partial charge in [0.25, 0.3) is 0 Å². The SMILES string of the molecule is CC(C)Cc1cccc2cc(-c3ccccc3N)sc12. The summed E-state index contributed by atoms with van der Waals surface area (Å²) in [6.45, 7) is 4.53. The molecule has 2 heteroatoms. The topological polar surface area (TPSA) is 26.0 Å². The Kier molecular flexibility index (Phi) is 3.49. The first-order chi connectivity index (χ1) is 9.65. The van der Waals surface area contributed by atoms with E-state index in [1.807, 2.05) is 29.5 Å². The first-order valence-electron chi connectivity index (χ1n) is 7.01. The number of para-hydroxylation sites is 1. The van der Waals surface area contributed by atoms with Gasteiger partial charge in [-0.25, -0.2) is 0 Å². The van der Waals surface area contributed by atoms with Crippen LogP contribution in [-0.2, 0) is 6.42 Å². The summed E-state index contributed by atoms with van der Waals surface area (Å²) in [4.78, 5) is 1.26. The van der Waals surface area contributed by atoms with Crippen molar-refractivity contribution in [3.05, 3.63) is 54.1 Å². The summed E-state index contributed by atoms with van der Waals surface area (Å²) in [5, 5.41) is 1.33. The molecule has 1 aromatic heterocycles. The van der Waals surface area contributed by atoms with E-state index in [1.54, 1.807) is 0 Å². The van der Waals surface area contributed by atoms with Gasteiger partial charge in [-0.1, -0.05) is 50.2 Å². The molecule has 2 aromatic carbocycles. The summed E-state index contributed by atoms with van der Waals surface area (Å²) in [5.41, 5.74) is 9.54. The van der Waals surface area contributed by atoms with Gasteiger partial charge in [-0.2, -0.15) is 0 Å². The van der Waals surface area contributed by atoms with Crippen molar-refractivity contribution in [3.63, 3.8) is 0 Å². The fourth-order valence-electron chi connectivity index (χ4n) is 2.58. The second kappa shape index (κ2) is 5.29. The fraction of sp³-hybridized carbons (Fsp3) is 0.222. The monoisotopic (exact) mass is 281 g/mol. The van der Waals surface area contributed by atoms with Crippen LogP contribution < -0.4 is 5.73 Å². The minimum absolute atomic E-state index is 0.674. The summed E-state index contributed by atoms with van der Waals surface area (Å²) in [7, 11) is 0. The highest BCUT2D eigenvalue weighted by Gasteiger charge is 2.10. The van der Waals surface area contributed by atoms with Crippen LogP contribution in [0.25, 0.3) is 20.5 Å². The molecule has 0 amide bonds. The highest BCUT2D eigenvalue weighted by Crippen LogP contribution is 2.38. The maximum absolute atomic E-state index is 6.10. The minimum Gasteiger partial charge on any atom is -0.398 e. The Balaban J connectivity index is 2.14. The molecule has 0 saturated heterocycles. The number of hydrogen-bond acceptors (Lipinski definition) is 2. The predicted octanol–water partition coefficient (Wildman–Crippen LogP) is 5.35. The van der Waals surface area contributed by atoms with E-state index < -0.39 is 0 Å². The first kappa shape index (κ1) is 13.2. The number of nitrogens with two attached hydrogens (primary N) is 1. The number of benzene rings is 2. The smallest absolute Gasteiger partial charge is 0.0401 e. The molecule has 0 aliphatic rings. The zero-order valence-electron chi connectivity index (χ0n) is 11.9. The van der Waals surface area contributed by atoms with Crippen LogP contribution in [0.15, 0.2) is 48.5 Å². The minimum atomic E-state index is 0.674.